The summed E-state index contributed by atoms with van der Waals surface area (Å²) < 4.78 is 42.2. The van der Waals surface area contributed by atoms with Crippen molar-refractivity contribution in [1.82, 2.24) is 35.7 Å². The van der Waals surface area contributed by atoms with Crippen molar-refractivity contribution in [2.75, 3.05) is 6.54 Å². The van der Waals surface area contributed by atoms with Crippen LogP contribution in [0.5, 0.6) is 0 Å². The summed E-state index contributed by atoms with van der Waals surface area (Å²) >= 11 is 0. The van der Waals surface area contributed by atoms with Crippen molar-refractivity contribution in [1.29, 1.82) is 0 Å². The van der Waals surface area contributed by atoms with Gasteiger partial charge in [0.15, 0.2) is 5.82 Å². The van der Waals surface area contributed by atoms with Crippen LogP contribution in [0.3, 0.4) is 0 Å². The highest BCUT2D eigenvalue weighted by Crippen LogP contribution is 2.27. The molecule has 22 heavy (non-hydrogen) atoms. The van der Waals surface area contributed by atoms with Gasteiger partial charge in [0.2, 0.25) is 5.91 Å². The molecule has 0 aliphatic heterocycles. The van der Waals surface area contributed by atoms with E-state index in [9.17, 15) is 18.0 Å². The number of alkyl halides is 3. The molecule has 0 spiro atoms. The van der Waals surface area contributed by atoms with E-state index in [1.807, 2.05) is 0 Å². The van der Waals surface area contributed by atoms with Crippen LogP contribution in [-0.2, 0) is 23.9 Å². The molecule has 0 aromatic carbocycles. The Bertz CT molecular complexity index is 636. The molecule has 0 saturated heterocycles. The van der Waals surface area contributed by atoms with E-state index in [0.29, 0.717) is 12.4 Å². The van der Waals surface area contributed by atoms with Crippen molar-refractivity contribution in [3.8, 4) is 0 Å². The molecular formula is C10H12F3N7O2. The van der Waals surface area contributed by atoms with Gasteiger partial charge in [0.05, 0.1) is 6.54 Å². The third-order valence-electron chi connectivity index (χ3n) is 2.64. The Morgan fingerprint density at radius 3 is 2.77 bits per heavy atom. The normalized spacial score (nSPS) is 11.6. The van der Waals surface area contributed by atoms with E-state index in [-0.39, 0.29) is 31.1 Å². The third kappa shape index (κ3) is 4.23. The zero-order valence-corrected chi connectivity index (χ0v) is 11.5. The Balaban J connectivity index is 1.71. The van der Waals surface area contributed by atoms with Gasteiger partial charge in [0.25, 0.3) is 0 Å². The Labute approximate surface area is 121 Å². The number of hydrogen-bond acceptors (Lipinski definition) is 7. The predicted molar refractivity (Wildman–Crippen MR) is 63.2 cm³/mol. The Morgan fingerprint density at radius 1 is 1.41 bits per heavy atom. The predicted octanol–water partition coefficient (Wildman–Crippen LogP) is 0.132. The second-order valence-electron chi connectivity index (χ2n) is 4.31. The van der Waals surface area contributed by atoms with Crippen LogP contribution in [0.15, 0.2) is 4.52 Å². The fourth-order valence-corrected chi connectivity index (χ4v) is 1.54. The maximum Gasteiger partial charge on any atom is 0.471 e. The number of aryl methyl sites for hydroxylation is 2. The van der Waals surface area contributed by atoms with Gasteiger partial charge in [-0.25, -0.2) is 4.68 Å². The number of amides is 1. The van der Waals surface area contributed by atoms with E-state index >= 15 is 0 Å². The molecule has 2 aromatic heterocycles. The number of aromatic nitrogens is 6. The standard InChI is InChI=1S/C10H12F3N7O2/c1-6-16-18-19-20(6)5-3-8(21)14-4-2-7-15-9(22-17-7)10(11,12)13/h2-5H2,1H3,(H,14,21). The fraction of sp³-hybridized carbons (Fsp3) is 0.600. The highest BCUT2D eigenvalue weighted by molar-refractivity contribution is 5.75. The molecule has 0 radical (unpaired) electrons. The maximum absolute atomic E-state index is 12.2. The zero-order valence-electron chi connectivity index (χ0n) is 11.5. The van der Waals surface area contributed by atoms with Gasteiger partial charge in [-0.2, -0.15) is 18.2 Å². The van der Waals surface area contributed by atoms with Gasteiger partial charge in [0, 0.05) is 19.4 Å². The summed E-state index contributed by atoms with van der Waals surface area (Å²) in [7, 11) is 0. The van der Waals surface area contributed by atoms with Crippen LogP contribution in [0.1, 0.15) is 24.0 Å². The number of tetrazole rings is 1. The third-order valence-corrected chi connectivity index (χ3v) is 2.64. The number of halogens is 3. The van der Waals surface area contributed by atoms with Crippen LogP contribution in [0.25, 0.3) is 0 Å². The van der Waals surface area contributed by atoms with Gasteiger partial charge in [-0.1, -0.05) is 5.16 Å². The molecule has 2 aromatic rings. The molecule has 0 aliphatic carbocycles. The summed E-state index contributed by atoms with van der Waals surface area (Å²) in [5.74, 6) is -1.22. The molecule has 12 heteroatoms. The first-order valence-corrected chi connectivity index (χ1v) is 6.25. The van der Waals surface area contributed by atoms with Crippen molar-refractivity contribution in [2.24, 2.45) is 0 Å². The first-order chi connectivity index (χ1) is 10.4. The summed E-state index contributed by atoms with van der Waals surface area (Å²) in [6, 6.07) is 0. The van der Waals surface area contributed by atoms with Crippen LogP contribution in [0.4, 0.5) is 13.2 Å². The van der Waals surface area contributed by atoms with Crippen molar-refractivity contribution >= 4 is 5.91 Å². The summed E-state index contributed by atoms with van der Waals surface area (Å²) in [4.78, 5) is 14.8. The molecule has 0 aliphatic rings. The van der Waals surface area contributed by atoms with E-state index in [1.54, 1.807) is 6.92 Å². The van der Waals surface area contributed by atoms with E-state index in [4.69, 9.17) is 0 Å². The molecule has 0 fully saturated rings. The summed E-state index contributed by atoms with van der Waals surface area (Å²) in [6.07, 6.45) is -4.49. The van der Waals surface area contributed by atoms with Crippen molar-refractivity contribution in [3.63, 3.8) is 0 Å². The van der Waals surface area contributed by atoms with E-state index < -0.39 is 12.1 Å². The molecule has 0 unspecified atom stereocenters. The molecule has 0 saturated carbocycles. The minimum atomic E-state index is -4.67. The van der Waals surface area contributed by atoms with Crippen molar-refractivity contribution in [2.45, 2.75) is 32.5 Å². The number of nitrogens with one attached hydrogen (secondary N) is 1. The van der Waals surface area contributed by atoms with E-state index in [0.717, 1.165) is 0 Å². The largest absolute Gasteiger partial charge is 0.471 e. The lowest BCUT2D eigenvalue weighted by Gasteiger charge is -2.03. The quantitative estimate of drug-likeness (QED) is 0.805. The first kappa shape index (κ1) is 15.9. The van der Waals surface area contributed by atoms with Gasteiger partial charge in [-0.15, -0.1) is 5.10 Å². The lowest BCUT2D eigenvalue weighted by atomic mass is 10.3. The second kappa shape index (κ2) is 6.49. The number of hydrogen-bond donors (Lipinski definition) is 1. The fourth-order valence-electron chi connectivity index (χ4n) is 1.54. The number of carbonyl (C=O) groups excluding carboxylic acids is 1. The van der Waals surface area contributed by atoms with Gasteiger partial charge in [0.1, 0.15) is 5.82 Å². The van der Waals surface area contributed by atoms with Gasteiger partial charge >= 0.3 is 12.1 Å². The smallest absolute Gasteiger partial charge is 0.356 e. The molecule has 120 valence electrons. The first-order valence-electron chi connectivity index (χ1n) is 6.25. The highest BCUT2D eigenvalue weighted by Gasteiger charge is 2.38. The molecule has 1 N–H and O–H groups in total. The molecule has 1 amide bonds. The summed E-state index contributed by atoms with van der Waals surface area (Å²) in [6.45, 7) is 2.11. The number of carbonyl (C=O) groups is 1. The van der Waals surface area contributed by atoms with Crippen LogP contribution in [0.2, 0.25) is 0 Å². The minimum absolute atomic E-state index is 0.0369. The lowest BCUT2D eigenvalue weighted by Crippen LogP contribution is -2.27. The molecule has 0 bridgehead atoms. The van der Waals surface area contributed by atoms with Crippen LogP contribution in [-0.4, -0.2) is 42.8 Å². The highest BCUT2D eigenvalue weighted by atomic mass is 19.4. The summed E-state index contributed by atoms with van der Waals surface area (Å²) in [5.41, 5.74) is 0. The van der Waals surface area contributed by atoms with Crippen molar-refractivity contribution in [3.05, 3.63) is 17.5 Å². The number of rotatable bonds is 6. The SMILES string of the molecule is Cc1nnnn1CCC(=O)NCCc1noc(C(F)(F)F)n1. The molecule has 2 heterocycles. The number of nitrogens with zero attached hydrogens (tertiary/aromatic N) is 6. The molecule has 2 rings (SSSR count). The molecule has 9 nitrogen and oxygen atoms in total. The minimum Gasteiger partial charge on any atom is -0.356 e. The second-order valence-corrected chi connectivity index (χ2v) is 4.31. The van der Waals surface area contributed by atoms with Crippen molar-refractivity contribution < 1.29 is 22.5 Å². The Kier molecular flexibility index (Phi) is 4.68. The van der Waals surface area contributed by atoms with Crippen LogP contribution >= 0.6 is 0 Å². The average molecular weight is 319 g/mol. The zero-order chi connectivity index (χ0) is 16.2. The van der Waals surface area contributed by atoms with Crippen LogP contribution < -0.4 is 5.32 Å². The van der Waals surface area contributed by atoms with Crippen LogP contribution in [0, 0.1) is 6.92 Å². The summed E-state index contributed by atoms with van der Waals surface area (Å²) in [5, 5.41) is 16.5. The monoisotopic (exact) mass is 319 g/mol. The topological polar surface area (TPSA) is 112 Å². The molecular weight excluding hydrogens is 307 g/mol. The maximum atomic E-state index is 12.2. The Morgan fingerprint density at radius 2 is 2.18 bits per heavy atom. The van der Waals surface area contributed by atoms with Gasteiger partial charge < -0.3 is 9.84 Å². The van der Waals surface area contributed by atoms with E-state index in [1.165, 1.54) is 4.68 Å². The van der Waals surface area contributed by atoms with E-state index in [2.05, 4.69) is 35.5 Å². The average Bonchev–Trinajstić information content (AvgIpc) is 3.05. The van der Waals surface area contributed by atoms with Gasteiger partial charge in [-0.05, 0) is 17.4 Å². The lowest BCUT2D eigenvalue weighted by molar-refractivity contribution is -0.159. The Hall–Kier alpha value is -2.53. The van der Waals surface area contributed by atoms with Gasteiger partial charge in [-0.3, -0.25) is 4.79 Å². The molecule has 0 atom stereocenters.